The number of H-pyrrole nitrogens is 1. The van der Waals surface area contributed by atoms with Crippen molar-refractivity contribution in [2.24, 2.45) is 5.92 Å². The Kier molecular flexibility index (Phi) is 4.68. The van der Waals surface area contributed by atoms with E-state index in [2.05, 4.69) is 41.1 Å². The molecule has 1 atom stereocenters. The molecular formula is C20H26N4O2. The van der Waals surface area contributed by atoms with Crippen molar-refractivity contribution in [3.05, 3.63) is 46.8 Å². The number of amides is 1. The van der Waals surface area contributed by atoms with E-state index >= 15 is 0 Å². The molecule has 0 radical (unpaired) electrons. The molecule has 1 amide bonds. The fourth-order valence-corrected chi connectivity index (χ4v) is 3.93. The summed E-state index contributed by atoms with van der Waals surface area (Å²) in [6.45, 7) is 8.90. The molecule has 1 saturated heterocycles. The molecule has 1 aromatic carbocycles. The summed E-state index contributed by atoms with van der Waals surface area (Å²) in [4.78, 5) is 17.5. The number of hydrogen-bond acceptors (Lipinski definition) is 4. The van der Waals surface area contributed by atoms with Crippen LogP contribution < -0.4 is 4.90 Å². The van der Waals surface area contributed by atoms with Gasteiger partial charge < -0.3 is 14.5 Å². The number of fused-ring (bicyclic) bond motifs is 1. The molecule has 6 heteroatoms. The Hall–Kier alpha value is -2.34. The molecule has 0 bridgehead atoms. The lowest BCUT2D eigenvalue weighted by Crippen LogP contribution is -2.37. The van der Waals surface area contributed by atoms with E-state index in [0.29, 0.717) is 12.5 Å². The molecule has 2 aliphatic rings. The zero-order valence-corrected chi connectivity index (χ0v) is 15.5. The van der Waals surface area contributed by atoms with Crippen LogP contribution in [0.4, 0.5) is 5.69 Å². The predicted molar refractivity (Wildman–Crippen MR) is 100 cm³/mol. The molecular weight excluding hydrogens is 328 g/mol. The van der Waals surface area contributed by atoms with Crippen LogP contribution in [0.25, 0.3) is 0 Å². The summed E-state index contributed by atoms with van der Waals surface area (Å²) in [7, 11) is 0. The molecule has 6 nitrogen and oxygen atoms in total. The summed E-state index contributed by atoms with van der Waals surface area (Å²) in [5.41, 5.74) is 5.39. The number of anilines is 1. The maximum Gasteiger partial charge on any atom is 0.254 e. The minimum Gasteiger partial charge on any atom is -0.378 e. The fourth-order valence-electron chi connectivity index (χ4n) is 3.93. The minimum atomic E-state index is 0.0976. The number of aryl methyl sites for hydroxylation is 1. The number of nitrogens with one attached hydrogen (secondary N) is 1. The quantitative estimate of drug-likeness (QED) is 0.900. The van der Waals surface area contributed by atoms with Crippen molar-refractivity contribution in [1.82, 2.24) is 15.1 Å². The van der Waals surface area contributed by atoms with Crippen molar-refractivity contribution >= 4 is 11.6 Å². The molecule has 1 fully saturated rings. The van der Waals surface area contributed by atoms with Crippen molar-refractivity contribution in [3.8, 4) is 0 Å². The van der Waals surface area contributed by atoms with E-state index in [4.69, 9.17) is 4.74 Å². The highest BCUT2D eigenvalue weighted by Gasteiger charge is 2.25. The summed E-state index contributed by atoms with van der Waals surface area (Å²) in [5, 5.41) is 7.23. The highest BCUT2D eigenvalue weighted by atomic mass is 16.5. The average Bonchev–Trinajstić information content (AvgIpc) is 3.01. The second-order valence-corrected chi connectivity index (χ2v) is 7.47. The molecule has 0 spiro atoms. The van der Waals surface area contributed by atoms with Crippen LogP contribution >= 0.6 is 0 Å². The number of morpholine rings is 1. The lowest BCUT2D eigenvalue weighted by molar-refractivity contribution is 0.0725. The van der Waals surface area contributed by atoms with Gasteiger partial charge in [-0.25, -0.2) is 0 Å². The Morgan fingerprint density at radius 3 is 2.92 bits per heavy atom. The number of benzene rings is 1. The van der Waals surface area contributed by atoms with Gasteiger partial charge in [0.15, 0.2) is 0 Å². The van der Waals surface area contributed by atoms with E-state index in [0.717, 1.165) is 61.8 Å². The molecule has 26 heavy (non-hydrogen) atoms. The largest absolute Gasteiger partial charge is 0.378 e. The first-order valence-electron chi connectivity index (χ1n) is 9.35. The summed E-state index contributed by atoms with van der Waals surface area (Å²) >= 11 is 0. The number of rotatable bonds is 2. The molecule has 1 unspecified atom stereocenters. The number of nitrogens with zero attached hydrogens (tertiary/aromatic N) is 3. The Morgan fingerprint density at radius 1 is 1.31 bits per heavy atom. The van der Waals surface area contributed by atoms with E-state index in [-0.39, 0.29) is 5.91 Å². The van der Waals surface area contributed by atoms with Crippen LogP contribution in [-0.4, -0.2) is 53.9 Å². The highest BCUT2D eigenvalue weighted by Crippen LogP contribution is 2.26. The van der Waals surface area contributed by atoms with Gasteiger partial charge in [0.1, 0.15) is 0 Å². The Morgan fingerprint density at radius 2 is 2.12 bits per heavy atom. The second-order valence-electron chi connectivity index (χ2n) is 7.47. The van der Waals surface area contributed by atoms with Gasteiger partial charge in [0.05, 0.1) is 19.4 Å². The van der Waals surface area contributed by atoms with Gasteiger partial charge in [0, 0.05) is 48.7 Å². The third-order valence-electron chi connectivity index (χ3n) is 5.35. The Labute approximate surface area is 154 Å². The monoisotopic (exact) mass is 354 g/mol. The van der Waals surface area contributed by atoms with Gasteiger partial charge in [-0.3, -0.25) is 9.89 Å². The normalized spacial score (nSPS) is 20.6. The molecule has 4 rings (SSSR count). The van der Waals surface area contributed by atoms with E-state index in [1.807, 2.05) is 17.2 Å². The fraction of sp³-hybridized carbons (Fsp3) is 0.500. The van der Waals surface area contributed by atoms with Gasteiger partial charge in [-0.05, 0) is 37.0 Å². The van der Waals surface area contributed by atoms with Gasteiger partial charge >= 0.3 is 0 Å². The van der Waals surface area contributed by atoms with Crippen LogP contribution in [0.15, 0.2) is 24.4 Å². The summed E-state index contributed by atoms with van der Waals surface area (Å²) in [5.74, 6) is 0.505. The summed E-state index contributed by atoms with van der Waals surface area (Å²) in [6.07, 6.45) is 2.79. The minimum absolute atomic E-state index is 0.0976. The molecule has 0 saturated carbocycles. The van der Waals surface area contributed by atoms with Crippen LogP contribution in [0.2, 0.25) is 0 Å². The zero-order chi connectivity index (χ0) is 18.1. The molecule has 138 valence electrons. The first-order valence-corrected chi connectivity index (χ1v) is 9.35. The number of carbonyl (C=O) groups is 1. The van der Waals surface area contributed by atoms with Crippen molar-refractivity contribution in [1.29, 1.82) is 0 Å². The van der Waals surface area contributed by atoms with E-state index in [9.17, 15) is 4.79 Å². The molecule has 2 aromatic rings. The van der Waals surface area contributed by atoms with Gasteiger partial charge in [-0.15, -0.1) is 0 Å². The smallest absolute Gasteiger partial charge is 0.254 e. The van der Waals surface area contributed by atoms with Crippen molar-refractivity contribution in [2.45, 2.75) is 26.8 Å². The molecule has 2 aliphatic heterocycles. The number of aromatic nitrogens is 2. The van der Waals surface area contributed by atoms with Gasteiger partial charge in [-0.2, -0.15) is 5.10 Å². The van der Waals surface area contributed by atoms with Gasteiger partial charge in [0.2, 0.25) is 0 Å². The van der Waals surface area contributed by atoms with Gasteiger partial charge in [-0.1, -0.05) is 13.0 Å². The molecule has 1 N–H and O–H groups in total. The summed E-state index contributed by atoms with van der Waals surface area (Å²) in [6, 6.07) is 6.06. The van der Waals surface area contributed by atoms with Crippen molar-refractivity contribution < 1.29 is 9.53 Å². The van der Waals surface area contributed by atoms with E-state index in [1.54, 1.807) is 0 Å². The highest BCUT2D eigenvalue weighted by molar-refractivity contribution is 5.95. The van der Waals surface area contributed by atoms with Crippen molar-refractivity contribution in [3.63, 3.8) is 0 Å². The first-order chi connectivity index (χ1) is 12.6. The predicted octanol–water partition coefficient (Wildman–Crippen LogP) is 2.39. The van der Waals surface area contributed by atoms with E-state index in [1.165, 1.54) is 5.56 Å². The van der Waals surface area contributed by atoms with Gasteiger partial charge in [0.25, 0.3) is 5.91 Å². The topological polar surface area (TPSA) is 61.5 Å². The SMILES string of the molecule is Cc1ccc(C(=O)N2Cc3cn[nH]c3CC(C)C2)cc1N1CCOCC1. The van der Waals surface area contributed by atoms with Crippen LogP contribution in [0, 0.1) is 12.8 Å². The number of aromatic amines is 1. The third kappa shape index (κ3) is 3.33. The first kappa shape index (κ1) is 17.1. The van der Waals surface area contributed by atoms with Crippen LogP contribution in [-0.2, 0) is 17.7 Å². The van der Waals surface area contributed by atoms with Crippen LogP contribution in [0.3, 0.4) is 0 Å². The zero-order valence-electron chi connectivity index (χ0n) is 15.5. The lowest BCUT2D eigenvalue weighted by Gasteiger charge is -2.31. The third-order valence-corrected chi connectivity index (χ3v) is 5.35. The van der Waals surface area contributed by atoms with Crippen LogP contribution in [0.1, 0.15) is 34.1 Å². The molecule has 1 aromatic heterocycles. The molecule has 0 aliphatic carbocycles. The van der Waals surface area contributed by atoms with Crippen molar-refractivity contribution in [2.75, 3.05) is 37.7 Å². The second kappa shape index (κ2) is 7.11. The standard InChI is InChI=1S/C20H26N4O2/c1-14-9-18-17(11-21-22-18)13-24(12-14)20(25)16-4-3-15(2)19(10-16)23-5-7-26-8-6-23/h3-4,10-11,14H,5-9,12-13H2,1-2H3,(H,21,22). The number of carbonyl (C=O) groups excluding carboxylic acids is 1. The average molecular weight is 354 g/mol. The summed E-state index contributed by atoms with van der Waals surface area (Å²) < 4.78 is 5.46. The number of hydrogen-bond donors (Lipinski definition) is 1. The Bertz CT molecular complexity index is 795. The maximum absolute atomic E-state index is 13.2. The maximum atomic E-state index is 13.2. The lowest BCUT2D eigenvalue weighted by atomic mass is 10.0. The van der Waals surface area contributed by atoms with E-state index < -0.39 is 0 Å². The van der Waals surface area contributed by atoms with Crippen LogP contribution in [0.5, 0.6) is 0 Å². The molecule has 3 heterocycles. The Balaban J connectivity index is 1.59. The number of ether oxygens (including phenoxy) is 1.